The fourth-order valence-electron chi connectivity index (χ4n) is 2.78. The zero-order valence-electron chi connectivity index (χ0n) is 16.7. The summed E-state index contributed by atoms with van der Waals surface area (Å²) in [5, 5.41) is 3.53. The Kier molecular flexibility index (Phi) is 10.0. The van der Waals surface area contributed by atoms with Crippen LogP contribution in [0.2, 0.25) is 5.02 Å². The van der Waals surface area contributed by atoms with Gasteiger partial charge in [0, 0.05) is 33.9 Å². The maximum absolute atomic E-state index is 12.9. The molecule has 29 heavy (non-hydrogen) atoms. The molecule has 1 N–H and O–H groups in total. The number of halogens is 2. The number of rotatable bonds is 10. The van der Waals surface area contributed by atoms with E-state index in [1.165, 1.54) is 0 Å². The first-order valence-corrected chi connectivity index (χ1v) is 11.8. The van der Waals surface area contributed by atoms with Crippen LogP contribution in [0, 0.1) is 0 Å². The van der Waals surface area contributed by atoms with Gasteiger partial charge in [0.05, 0.1) is 0 Å². The van der Waals surface area contributed by atoms with Gasteiger partial charge in [0.2, 0.25) is 11.8 Å². The molecule has 0 aliphatic carbocycles. The van der Waals surface area contributed by atoms with E-state index in [0.29, 0.717) is 24.5 Å². The highest BCUT2D eigenvalue weighted by atomic mass is 79.9. The standard InChI is InChI=1S/C22H26BrClN2O2S/c1-3-25-22(28)16(2)26(15-17-6-8-18(23)9-7-17)21(27)5-4-14-29-20-12-10-19(24)11-13-20/h6-13,16H,3-5,14-15H2,1-2H3,(H,25,28)/t16-/m1/s1. The van der Waals surface area contributed by atoms with Crippen molar-refractivity contribution in [3.8, 4) is 0 Å². The third-order valence-corrected chi connectivity index (χ3v) is 6.28. The van der Waals surface area contributed by atoms with Gasteiger partial charge in [-0.2, -0.15) is 0 Å². The van der Waals surface area contributed by atoms with Crippen LogP contribution >= 0.6 is 39.3 Å². The maximum Gasteiger partial charge on any atom is 0.242 e. The lowest BCUT2D eigenvalue weighted by Crippen LogP contribution is -2.47. The van der Waals surface area contributed by atoms with Gasteiger partial charge in [-0.3, -0.25) is 9.59 Å². The second kappa shape index (κ2) is 12.3. The Bertz CT molecular complexity index is 799. The summed E-state index contributed by atoms with van der Waals surface area (Å²) in [5.41, 5.74) is 0.994. The Morgan fingerprint density at radius 3 is 2.41 bits per heavy atom. The largest absolute Gasteiger partial charge is 0.355 e. The lowest BCUT2D eigenvalue weighted by atomic mass is 10.1. The van der Waals surface area contributed by atoms with Crippen molar-refractivity contribution in [2.45, 2.75) is 44.2 Å². The number of carbonyl (C=O) groups excluding carboxylic acids is 2. The number of amides is 2. The molecule has 0 saturated heterocycles. The van der Waals surface area contributed by atoms with Crippen LogP contribution in [0.25, 0.3) is 0 Å². The summed E-state index contributed by atoms with van der Waals surface area (Å²) < 4.78 is 0.982. The van der Waals surface area contributed by atoms with Crippen LogP contribution in [0.5, 0.6) is 0 Å². The number of benzene rings is 2. The van der Waals surface area contributed by atoms with E-state index < -0.39 is 6.04 Å². The molecule has 4 nitrogen and oxygen atoms in total. The number of hydrogen-bond donors (Lipinski definition) is 1. The first kappa shape index (κ1) is 23.8. The molecule has 0 aliphatic rings. The number of likely N-dealkylation sites (N-methyl/N-ethyl adjacent to an activating group) is 1. The van der Waals surface area contributed by atoms with Crippen molar-refractivity contribution < 1.29 is 9.59 Å². The molecule has 0 radical (unpaired) electrons. The van der Waals surface area contributed by atoms with Crippen molar-refractivity contribution >= 4 is 51.1 Å². The Balaban J connectivity index is 1.96. The minimum absolute atomic E-state index is 0.0108. The molecule has 0 saturated carbocycles. The number of carbonyl (C=O) groups is 2. The van der Waals surface area contributed by atoms with E-state index in [1.807, 2.05) is 55.5 Å². The molecule has 156 valence electrons. The zero-order valence-corrected chi connectivity index (χ0v) is 19.8. The Hall–Kier alpha value is -1.50. The van der Waals surface area contributed by atoms with Gasteiger partial charge in [0.15, 0.2) is 0 Å². The second-order valence-corrected chi connectivity index (χ2v) is 9.15. The van der Waals surface area contributed by atoms with Crippen molar-refractivity contribution in [2.75, 3.05) is 12.3 Å². The molecule has 7 heteroatoms. The van der Waals surface area contributed by atoms with Gasteiger partial charge in [0.1, 0.15) is 6.04 Å². The fourth-order valence-corrected chi connectivity index (χ4v) is 4.02. The van der Waals surface area contributed by atoms with Gasteiger partial charge in [-0.05, 0) is 68.0 Å². The predicted molar refractivity (Wildman–Crippen MR) is 124 cm³/mol. The Morgan fingerprint density at radius 1 is 1.14 bits per heavy atom. The normalized spacial score (nSPS) is 11.7. The SMILES string of the molecule is CCNC(=O)[C@@H](C)N(Cc1ccc(Br)cc1)C(=O)CCCSc1ccc(Cl)cc1. The smallest absolute Gasteiger partial charge is 0.242 e. The van der Waals surface area contributed by atoms with Crippen LogP contribution in [-0.4, -0.2) is 35.1 Å². The molecule has 0 aliphatic heterocycles. The minimum Gasteiger partial charge on any atom is -0.355 e. The van der Waals surface area contributed by atoms with E-state index in [1.54, 1.807) is 23.6 Å². The quantitative estimate of drug-likeness (QED) is 0.347. The third-order valence-electron chi connectivity index (χ3n) is 4.40. The molecule has 0 fully saturated rings. The lowest BCUT2D eigenvalue weighted by Gasteiger charge is -2.28. The molecular formula is C22H26BrClN2O2S. The molecule has 0 bridgehead atoms. The average molecular weight is 498 g/mol. The van der Waals surface area contributed by atoms with Gasteiger partial charge in [-0.15, -0.1) is 11.8 Å². The highest BCUT2D eigenvalue weighted by Crippen LogP contribution is 2.22. The van der Waals surface area contributed by atoms with Crippen molar-refractivity contribution in [3.63, 3.8) is 0 Å². The zero-order chi connectivity index (χ0) is 21.2. The minimum atomic E-state index is -0.519. The van der Waals surface area contributed by atoms with Crippen molar-refractivity contribution in [3.05, 3.63) is 63.6 Å². The van der Waals surface area contributed by atoms with Crippen LogP contribution < -0.4 is 5.32 Å². The molecule has 2 aromatic rings. The highest BCUT2D eigenvalue weighted by Gasteiger charge is 2.25. The van der Waals surface area contributed by atoms with E-state index in [0.717, 1.165) is 27.1 Å². The molecule has 2 rings (SSSR count). The first-order valence-electron chi connectivity index (χ1n) is 9.60. The average Bonchev–Trinajstić information content (AvgIpc) is 2.71. The second-order valence-electron chi connectivity index (χ2n) is 6.62. The van der Waals surface area contributed by atoms with E-state index in [2.05, 4.69) is 21.2 Å². The summed E-state index contributed by atoms with van der Waals surface area (Å²) in [7, 11) is 0. The van der Waals surface area contributed by atoms with E-state index >= 15 is 0 Å². The molecule has 0 aromatic heterocycles. The molecular weight excluding hydrogens is 472 g/mol. The maximum atomic E-state index is 12.9. The topological polar surface area (TPSA) is 49.4 Å². The number of nitrogens with one attached hydrogen (secondary N) is 1. The number of thioether (sulfide) groups is 1. The van der Waals surface area contributed by atoms with Gasteiger partial charge < -0.3 is 10.2 Å². The van der Waals surface area contributed by atoms with Crippen LogP contribution in [0.4, 0.5) is 0 Å². The predicted octanol–water partition coefficient (Wildman–Crippen LogP) is 5.53. The summed E-state index contributed by atoms with van der Waals surface area (Å²) in [6.45, 7) is 4.61. The van der Waals surface area contributed by atoms with Gasteiger partial charge in [0.25, 0.3) is 0 Å². The molecule has 1 atom stereocenters. The van der Waals surface area contributed by atoms with Crippen molar-refractivity contribution in [1.82, 2.24) is 10.2 Å². The summed E-state index contributed by atoms with van der Waals surface area (Å²) in [6.07, 6.45) is 1.14. The Morgan fingerprint density at radius 2 is 1.79 bits per heavy atom. The third kappa shape index (κ3) is 8.03. The summed E-state index contributed by atoms with van der Waals surface area (Å²) in [6, 6.07) is 15.0. The van der Waals surface area contributed by atoms with E-state index in [9.17, 15) is 9.59 Å². The molecule has 0 spiro atoms. The van der Waals surface area contributed by atoms with Crippen LogP contribution in [-0.2, 0) is 16.1 Å². The van der Waals surface area contributed by atoms with Crippen LogP contribution in [0.3, 0.4) is 0 Å². The van der Waals surface area contributed by atoms with Gasteiger partial charge >= 0.3 is 0 Å². The molecule has 2 amide bonds. The molecule has 2 aromatic carbocycles. The lowest BCUT2D eigenvalue weighted by molar-refractivity contribution is -0.140. The highest BCUT2D eigenvalue weighted by molar-refractivity contribution is 9.10. The van der Waals surface area contributed by atoms with Crippen LogP contribution in [0.1, 0.15) is 32.3 Å². The van der Waals surface area contributed by atoms with Gasteiger partial charge in [-0.25, -0.2) is 0 Å². The Labute approximate surface area is 190 Å². The summed E-state index contributed by atoms with van der Waals surface area (Å²) >= 11 is 11.0. The van der Waals surface area contributed by atoms with Crippen molar-refractivity contribution in [1.29, 1.82) is 0 Å². The number of nitrogens with zero attached hydrogens (tertiary/aromatic N) is 1. The summed E-state index contributed by atoms with van der Waals surface area (Å²) in [5.74, 6) is 0.687. The first-order chi connectivity index (χ1) is 13.9. The molecule has 0 unspecified atom stereocenters. The monoisotopic (exact) mass is 496 g/mol. The van der Waals surface area contributed by atoms with Crippen molar-refractivity contribution in [2.24, 2.45) is 0 Å². The van der Waals surface area contributed by atoms with Crippen LogP contribution in [0.15, 0.2) is 57.9 Å². The van der Waals surface area contributed by atoms with E-state index in [4.69, 9.17) is 11.6 Å². The summed E-state index contributed by atoms with van der Waals surface area (Å²) in [4.78, 5) is 28.1. The number of hydrogen-bond acceptors (Lipinski definition) is 3. The van der Waals surface area contributed by atoms with E-state index in [-0.39, 0.29) is 11.8 Å². The molecule has 0 heterocycles. The van der Waals surface area contributed by atoms with Gasteiger partial charge in [-0.1, -0.05) is 39.7 Å². The fraction of sp³-hybridized carbons (Fsp3) is 0.364.